The summed E-state index contributed by atoms with van der Waals surface area (Å²) >= 11 is 6.76. The van der Waals surface area contributed by atoms with E-state index in [1.54, 1.807) is 35.0 Å². The molecule has 0 aromatic carbocycles. The van der Waals surface area contributed by atoms with Gasteiger partial charge in [-0.3, -0.25) is 4.79 Å². The van der Waals surface area contributed by atoms with Crippen molar-refractivity contribution in [2.24, 2.45) is 5.73 Å². The second-order valence-electron chi connectivity index (χ2n) is 3.79. The molecule has 0 bridgehead atoms. The molecule has 1 unspecified atom stereocenters. The van der Waals surface area contributed by atoms with Crippen LogP contribution >= 0.6 is 39.0 Å². The van der Waals surface area contributed by atoms with E-state index < -0.39 is 0 Å². The molecule has 0 saturated heterocycles. The number of nitrogens with zero attached hydrogens (tertiary/aromatic N) is 1. The molecule has 6 heteroatoms. The van der Waals surface area contributed by atoms with Crippen LogP contribution in [0.2, 0.25) is 0 Å². The van der Waals surface area contributed by atoms with Crippen LogP contribution in [0.3, 0.4) is 0 Å². The highest BCUT2D eigenvalue weighted by Gasteiger charge is 2.18. The molecule has 1 atom stereocenters. The molecule has 2 N–H and O–H groups in total. The van der Waals surface area contributed by atoms with E-state index >= 15 is 0 Å². The molecular formula is C11H17BrN2OS2. The highest BCUT2D eigenvalue weighted by Crippen LogP contribution is 2.23. The molecule has 1 rings (SSSR count). The minimum absolute atomic E-state index is 0.0172. The monoisotopic (exact) mass is 336 g/mol. The third-order valence-electron chi connectivity index (χ3n) is 2.35. The van der Waals surface area contributed by atoms with Crippen LogP contribution in [0, 0.1) is 0 Å². The predicted octanol–water partition coefficient (Wildman–Crippen LogP) is 2.55. The van der Waals surface area contributed by atoms with Gasteiger partial charge >= 0.3 is 0 Å². The quantitative estimate of drug-likeness (QED) is 0.868. The average Bonchev–Trinajstić information content (AvgIpc) is 2.70. The number of nitrogens with two attached hydrogens (primary N) is 1. The van der Waals surface area contributed by atoms with Gasteiger partial charge in [0.05, 0.1) is 16.4 Å². The lowest BCUT2D eigenvalue weighted by molar-refractivity contribution is -0.131. The number of amides is 1. The van der Waals surface area contributed by atoms with Gasteiger partial charge in [-0.2, -0.15) is 11.8 Å². The van der Waals surface area contributed by atoms with Crippen molar-refractivity contribution < 1.29 is 4.79 Å². The molecule has 1 amide bonds. The normalized spacial score (nSPS) is 12.5. The van der Waals surface area contributed by atoms with Crippen LogP contribution in [0.25, 0.3) is 0 Å². The Hall–Kier alpha value is -0.0400. The second kappa shape index (κ2) is 7.41. The summed E-state index contributed by atoms with van der Waals surface area (Å²) < 4.78 is 1.08. The van der Waals surface area contributed by atoms with E-state index in [1.165, 1.54) is 0 Å². The van der Waals surface area contributed by atoms with Gasteiger partial charge < -0.3 is 10.6 Å². The SMILES string of the molecule is CSCCC(N)C(=O)N(C)Cc1ccc(Br)s1. The van der Waals surface area contributed by atoms with E-state index in [0.717, 1.165) is 20.8 Å². The fraction of sp³-hybridized carbons (Fsp3) is 0.545. The molecular weight excluding hydrogens is 320 g/mol. The fourth-order valence-electron chi connectivity index (χ4n) is 1.40. The molecule has 0 fully saturated rings. The van der Waals surface area contributed by atoms with Crippen LogP contribution in [-0.2, 0) is 11.3 Å². The second-order valence-corrected chi connectivity index (χ2v) is 7.32. The van der Waals surface area contributed by atoms with E-state index in [0.29, 0.717) is 6.54 Å². The first-order valence-corrected chi connectivity index (χ1v) is 8.28. The Kier molecular flexibility index (Phi) is 6.54. The Morgan fingerprint density at radius 1 is 1.65 bits per heavy atom. The number of hydrogen-bond acceptors (Lipinski definition) is 4. The molecule has 0 aliphatic heterocycles. The Labute approximate surface area is 119 Å². The van der Waals surface area contributed by atoms with Gasteiger partial charge in [0.25, 0.3) is 0 Å². The Bertz CT molecular complexity index is 370. The number of hydrogen-bond donors (Lipinski definition) is 1. The predicted molar refractivity (Wildman–Crippen MR) is 79.5 cm³/mol. The van der Waals surface area contributed by atoms with Crippen LogP contribution in [0.1, 0.15) is 11.3 Å². The molecule has 0 radical (unpaired) electrons. The molecule has 96 valence electrons. The molecule has 0 spiro atoms. The van der Waals surface area contributed by atoms with Gasteiger partial charge in [-0.1, -0.05) is 0 Å². The zero-order valence-corrected chi connectivity index (χ0v) is 13.2. The Balaban J connectivity index is 2.46. The third-order valence-corrected chi connectivity index (χ3v) is 4.60. The number of thioether (sulfide) groups is 1. The molecule has 3 nitrogen and oxygen atoms in total. The summed E-state index contributed by atoms with van der Waals surface area (Å²) in [7, 11) is 1.80. The molecule has 17 heavy (non-hydrogen) atoms. The zero-order chi connectivity index (χ0) is 12.8. The fourth-order valence-corrected chi connectivity index (χ4v) is 3.43. The smallest absolute Gasteiger partial charge is 0.239 e. The molecule has 0 aliphatic carbocycles. The largest absolute Gasteiger partial charge is 0.339 e. The lowest BCUT2D eigenvalue weighted by atomic mass is 10.2. The Morgan fingerprint density at radius 3 is 2.88 bits per heavy atom. The summed E-state index contributed by atoms with van der Waals surface area (Å²) in [6.45, 7) is 0.627. The van der Waals surface area contributed by atoms with Gasteiger partial charge in [-0.25, -0.2) is 0 Å². The maximum Gasteiger partial charge on any atom is 0.239 e. The summed E-state index contributed by atoms with van der Waals surface area (Å²) in [5.41, 5.74) is 5.85. The molecule has 1 heterocycles. The standard InChI is InChI=1S/C11H17BrN2OS2/c1-14(7-8-3-4-10(12)17-8)11(15)9(13)5-6-16-2/h3-4,9H,5-7,13H2,1-2H3. The van der Waals surface area contributed by atoms with Crippen molar-refractivity contribution in [3.05, 3.63) is 20.8 Å². The van der Waals surface area contributed by atoms with Gasteiger partial charge in [-0.15, -0.1) is 11.3 Å². The zero-order valence-electron chi connectivity index (χ0n) is 9.98. The summed E-state index contributed by atoms with van der Waals surface area (Å²) in [5.74, 6) is 0.939. The minimum Gasteiger partial charge on any atom is -0.339 e. The van der Waals surface area contributed by atoms with Crippen LogP contribution in [0.5, 0.6) is 0 Å². The lowest BCUT2D eigenvalue weighted by Crippen LogP contribution is -2.41. The van der Waals surface area contributed by atoms with Crippen molar-refractivity contribution in [3.63, 3.8) is 0 Å². The topological polar surface area (TPSA) is 46.3 Å². The van der Waals surface area contributed by atoms with E-state index in [1.807, 2.05) is 18.4 Å². The number of carbonyl (C=O) groups is 1. The third kappa shape index (κ3) is 4.99. The molecule has 1 aromatic rings. The van der Waals surface area contributed by atoms with Gasteiger partial charge in [0.1, 0.15) is 0 Å². The molecule has 0 aliphatic rings. The molecule has 0 saturated carbocycles. The summed E-state index contributed by atoms with van der Waals surface area (Å²) in [6.07, 6.45) is 2.75. The van der Waals surface area contributed by atoms with Crippen molar-refractivity contribution in [2.75, 3.05) is 19.1 Å². The van der Waals surface area contributed by atoms with E-state index in [4.69, 9.17) is 5.73 Å². The van der Waals surface area contributed by atoms with Crippen LogP contribution < -0.4 is 5.73 Å². The van der Waals surface area contributed by atoms with Crippen LogP contribution in [0.15, 0.2) is 15.9 Å². The first-order valence-electron chi connectivity index (χ1n) is 5.28. The number of thiophene rings is 1. The van der Waals surface area contributed by atoms with E-state index in [-0.39, 0.29) is 11.9 Å². The van der Waals surface area contributed by atoms with Crippen molar-refractivity contribution in [1.82, 2.24) is 4.90 Å². The van der Waals surface area contributed by atoms with Gasteiger partial charge in [0, 0.05) is 11.9 Å². The summed E-state index contributed by atoms with van der Waals surface area (Å²) in [4.78, 5) is 14.8. The number of rotatable bonds is 6. The van der Waals surface area contributed by atoms with Crippen LogP contribution in [0.4, 0.5) is 0 Å². The minimum atomic E-state index is -0.379. The van der Waals surface area contributed by atoms with Gasteiger partial charge in [0.15, 0.2) is 0 Å². The first kappa shape index (κ1) is 15.0. The maximum atomic E-state index is 11.9. The highest BCUT2D eigenvalue weighted by atomic mass is 79.9. The summed E-state index contributed by atoms with van der Waals surface area (Å²) in [5, 5.41) is 0. The van der Waals surface area contributed by atoms with Gasteiger partial charge in [0.2, 0.25) is 5.91 Å². The number of halogens is 1. The Morgan fingerprint density at radius 2 is 2.35 bits per heavy atom. The maximum absolute atomic E-state index is 11.9. The lowest BCUT2D eigenvalue weighted by Gasteiger charge is -2.20. The average molecular weight is 337 g/mol. The van der Waals surface area contributed by atoms with Crippen molar-refractivity contribution in [2.45, 2.75) is 19.0 Å². The molecule has 1 aromatic heterocycles. The number of carbonyl (C=O) groups excluding carboxylic acids is 1. The van der Waals surface area contributed by atoms with E-state index in [2.05, 4.69) is 15.9 Å². The van der Waals surface area contributed by atoms with Gasteiger partial charge in [-0.05, 0) is 46.5 Å². The number of likely N-dealkylation sites (N-methyl/N-ethyl adjacent to an activating group) is 1. The summed E-state index contributed by atoms with van der Waals surface area (Å²) in [6, 6.07) is 3.63. The van der Waals surface area contributed by atoms with Crippen molar-refractivity contribution in [3.8, 4) is 0 Å². The van der Waals surface area contributed by atoms with Crippen molar-refractivity contribution in [1.29, 1.82) is 0 Å². The van der Waals surface area contributed by atoms with Crippen LogP contribution in [-0.4, -0.2) is 35.9 Å². The van der Waals surface area contributed by atoms with E-state index in [9.17, 15) is 4.79 Å². The van der Waals surface area contributed by atoms with Crippen molar-refractivity contribution >= 4 is 44.9 Å². The first-order chi connectivity index (χ1) is 8.04. The highest BCUT2D eigenvalue weighted by molar-refractivity contribution is 9.11.